The predicted molar refractivity (Wildman–Crippen MR) is 91.5 cm³/mol. The van der Waals surface area contributed by atoms with Crippen LogP contribution in [0.5, 0.6) is 0 Å². The third kappa shape index (κ3) is 2.38. The Hall–Kier alpha value is -1.93. The van der Waals surface area contributed by atoms with E-state index in [4.69, 9.17) is 0 Å². The molecule has 0 fully saturated rings. The van der Waals surface area contributed by atoms with Crippen molar-refractivity contribution in [1.29, 1.82) is 0 Å². The van der Waals surface area contributed by atoms with Gasteiger partial charge in [0.2, 0.25) is 0 Å². The third-order valence-electron chi connectivity index (χ3n) is 4.95. The van der Waals surface area contributed by atoms with Crippen LogP contribution in [0.15, 0.2) is 24.3 Å². The van der Waals surface area contributed by atoms with Crippen molar-refractivity contribution >= 4 is 6.29 Å². The lowest BCUT2D eigenvalue weighted by Crippen LogP contribution is -2.28. The van der Waals surface area contributed by atoms with Crippen molar-refractivity contribution in [3.05, 3.63) is 57.6 Å². The predicted octanol–water partition coefficient (Wildman–Crippen LogP) is 4.08. The molecule has 3 rings (SSSR count). The van der Waals surface area contributed by atoms with Gasteiger partial charge >= 0.3 is 0 Å². The van der Waals surface area contributed by atoms with Crippen LogP contribution < -0.4 is 0 Å². The number of rotatable bonds is 2. The molecule has 2 aromatic carbocycles. The van der Waals surface area contributed by atoms with E-state index in [9.17, 15) is 4.79 Å². The minimum absolute atomic E-state index is 0.857. The standard InChI is InChI=1S/C20H23NO/c1-13-5-7-16(8-6-13)20-15(3)17-9-10-21(4)11-18(17)14(2)19(20)12-22/h5-8,12H,9-11H2,1-4H3. The summed E-state index contributed by atoms with van der Waals surface area (Å²) in [4.78, 5) is 14.1. The fourth-order valence-corrected chi connectivity index (χ4v) is 3.60. The second-order valence-corrected chi connectivity index (χ2v) is 6.47. The Bertz CT molecular complexity index is 729. The lowest BCUT2D eigenvalue weighted by molar-refractivity contribution is 0.112. The van der Waals surface area contributed by atoms with Gasteiger partial charge in [0.15, 0.2) is 6.29 Å². The maximum Gasteiger partial charge on any atom is 0.150 e. The smallest absolute Gasteiger partial charge is 0.150 e. The van der Waals surface area contributed by atoms with Crippen LogP contribution in [0.1, 0.15) is 38.2 Å². The SMILES string of the molecule is Cc1ccc(-c2c(C)c3c(c(C)c2C=O)CN(C)CC3)cc1. The van der Waals surface area contributed by atoms with Crippen molar-refractivity contribution < 1.29 is 4.79 Å². The zero-order valence-corrected chi connectivity index (χ0v) is 13.9. The summed E-state index contributed by atoms with van der Waals surface area (Å²) in [6.07, 6.45) is 2.10. The largest absolute Gasteiger partial charge is 0.302 e. The summed E-state index contributed by atoms with van der Waals surface area (Å²) in [7, 11) is 2.15. The molecule has 0 atom stereocenters. The first-order valence-electron chi connectivity index (χ1n) is 7.88. The van der Waals surface area contributed by atoms with Crippen molar-refractivity contribution in [3.63, 3.8) is 0 Å². The number of fused-ring (bicyclic) bond motifs is 1. The van der Waals surface area contributed by atoms with Crippen LogP contribution in [0.3, 0.4) is 0 Å². The monoisotopic (exact) mass is 293 g/mol. The lowest BCUT2D eigenvalue weighted by Gasteiger charge is -2.30. The molecule has 0 radical (unpaired) electrons. The average Bonchev–Trinajstić information content (AvgIpc) is 2.51. The Balaban J connectivity index is 2.28. The van der Waals surface area contributed by atoms with Crippen LogP contribution in [-0.4, -0.2) is 24.8 Å². The van der Waals surface area contributed by atoms with E-state index in [1.54, 1.807) is 0 Å². The number of aldehydes is 1. The Morgan fingerprint density at radius 2 is 1.68 bits per heavy atom. The number of carbonyl (C=O) groups excluding carboxylic acids is 1. The summed E-state index contributed by atoms with van der Waals surface area (Å²) in [6, 6.07) is 8.49. The second kappa shape index (κ2) is 5.69. The first kappa shape index (κ1) is 15.0. The molecule has 2 aromatic rings. The van der Waals surface area contributed by atoms with Gasteiger partial charge in [-0.2, -0.15) is 0 Å². The zero-order chi connectivity index (χ0) is 15.9. The van der Waals surface area contributed by atoms with Gasteiger partial charge in [0.05, 0.1) is 0 Å². The fraction of sp³-hybridized carbons (Fsp3) is 0.350. The molecule has 0 spiro atoms. The number of likely N-dealkylation sites (N-methyl/N-ethyl adjacent to an activating group) is 1. The van der Waals surface area contributed by atoms with Crippen LogP contribution in [0.2, 0.25) is 0 Å². The minimum atomic E-state index is 0.857. The summed E-state index contributed by atoms with van der Waals surface area (Å²) in [5.74, 6) is 0. The van der Waals surface area contributed by atoms with E-state index in [-0.39, 0.29) is 0 Å². The highest BCUT2D eigenvalue weighted by Gasteiger charge is 2.23. The van der Waals surface area contributed by atoms with Crippen LogP contribution >= 0.6 is 0 Å². The summed E-state index contributed by atoms with van der Waals surface area (Å²) in [5, 5.41) is 0. The van der Waals surface area contributed by atoms with Gasteiger partial charge in [-0.05, 0) is 67.6 Å². The van der Waals surface area contributed by atoms with Gasteiger partial charge in [0.1, 0.15) is 0 Å². The number of hydrogen-bond acceptors (Lipinski definition) is 2. The molecule has 0 N–H and O–H groups in total. The molecule has 2 heteroatoms. The maximum absolute atomic E-state index is 11.8. The van der Waals surface area contributed by atoms with Crippen LogP contribution in [0.4, 0.5) is 0 Å². The van der Waals surface area contributed by atoms with Crippen LogP contribution in [0.25, 0.3) is 11.1 Å². The molecule has 0 unspecified atom stereocenters. The normalized spacial score (nSPS) is 14.7. The van der Waals surface area contributed by atoms with Crippen molar-refractivity contribution in [3.8, 4) is 11.1 Å². The quantitative estimate of drug-likeness (QED) is 0.778. The van der Waals surface area contributed by atoms with Crippen LogP contribution in [-0.2, 0) is 13.0 Å². The molecule has 2 nitrogen and oxygen atoms in total. The topological polar surface area (TPSA) is 20.3 Å². The molecule has 0 aromatic heterocycles. The molecule has 22 heavy (non-hydrogen) atoms. The number of aryl methyl sites for hydroxylation is 1. The van der Waals surface area contributed by atoms with Gasteiger partial charge in [-0.3, -0.25) is 4.79 Å². The van der Waals surface area contributed by atoms with E-state index in [0.717, 1.165) is 48.1 Å². The van der Waals surface area contributed by atoms with E-state index in [1.165, 1.54) is 22.3 Å². The molecule has 0 aliphatic carbocycles. The number of carbonyl (C=O) groups is 1. The summed E-state index contributed by atoms with van der Waals surface area (Å²) >= 11 is 0. The maximum atomic E-state index is 11.8. The Morgan fingerprint density at radius 3 is 2.32 bits per heavy atom. The molecule has 1 aliphatic rings. The summed E-state index contributed by atoms with van der Waals surface area (Å²) in [5.41, 5.74) is 9.59. The number of hydrogen-bond donors (Lipinski definition) is 0. The highest BCUT2D eigenvalue weighted by atomic mass is 16.1. The highest BCUT2D eigenvalue weighted by Crippen LogP contribution is 2.36. The molecule has 1 aliphatic heterocycles. The first-order valence-corrected chi connectivity index (χ1v) is 7.88. The van der Waals surface area contributed by atoms with E-state index >= 15 is 0 Å². The van der Waals surface area contributed by atoms with Crippen LogP contribution in [0, 0.1) is 20.8 Å². The minimum Gasteiger partial charge on any atom is -0.302 e. The van der Waals surface area contributed by atoms with Gasteiger partial charge in [-0.25, -0.2) is 0 Å². The van der Waals surface area contributed by atoms with E-state index in [1.807, 2.05) is 0 Å². The lowest BCUT2D eigenvalue weighted by atomic mass is 9.82. The molecule has 0 saturated heterocycles. The van der Waals surface area contributed by atoms with E-state index in [2.05, 4.69) is 57.0 Å². The van der Waals surface area contributed by atoms with E-state index < -0.39 is 0 Å². The van der Waals surface area contributed by atoms with Gasteiger partial charge in [0, 0.05) is 18.7 Å². The van der Waals surface area contributed by atoms with Crippen molar-refractivity contribution in [2.24, 2.45) is 0 Å². The van der Waals surface area contributed by atoms with Gasteiger partial charge < -0.3 is 4.90 Å². The molecular weight excluding hydrogens is 270 g/mol. The second-order valence-electron chi connectivity index (χ2n) is 6.47. The highest BCUT2D eigenvalue weighted by molar-refractivity contribution is 5.92. The Labute approximate surface area is 132 Å². The number of benzene rings is 2. The van der Waals surface area contributed by atoms with Gasteiger partial charge in [0.25, 0.3) is 0 Å². The molecule has 0 saturated carbocycles. The van der Waals surface area contributed by atoms with Gasteiger partial charge in [-0.15, -0.1) is 0 Å². The summed E-state index contributed by atoms with van der Waals surface area (Å²) < 4.78 is 0. The number of nitrogens with zero attached hydrogens (tertiary/aromatic N) is 1. The fourth-order valence-electron chi connectivity index (χ4n) is 3.60. The first-order chi connectivity index (χ1) is 10.5. The van der Waals surface area contributed by atoms with E-state index in [0.29, 0.717) is 0 Å². The molecule has 114 valence electrons. The summed E-state index contributed by atoms with van der Waals surface area (Å²) in [6.45, 7) is 8.38. The average molecular weight is 293 g/mol. The van der Waals surface area contributed by atoms with Crippen molar-refractivity contribution in [2.75, 3.05) is 13.6 Å². The zero-order valence-electron chi connectivity index (χ0n) is 13.9. The Kier molecular flexibility index (Phi) is 3.88. The Morgan fingerprint density at radius 1 is 1.00 bits per heavy atom. The van der Waals surface area contributed by atoms with Crippen molar-refractivity contribution in [2.45, 2.75) is 33.7 Å². The molecule has 0 amide bonds. The molecule has 1 heterocycles. The third-order valence-corrected chi connectivity index (χ3v) is 4.95. The molecule has 0 bridgehead atoms. The van der Waals surface area contributed by atoms with Gasteiger partial charge in [-0.1, -0.05) is 29.8 Å². The molecular formula is C20H23NO. The van der Waals surface area contributed by atoms with Crippen molar-refractivity contribution in [1.82, 2.24) is 4.90 Å².